The predicted octanol–water partition coefficient (Wildman–Crippen LogP) is 5.29. The maximum Gasteiger partial charge on any atom is 0.264 e. The molecule has 3 rings (SSSR count). The standard InChI is InChI=1S/C21H18FIN2O3S/c1-3-9-28-19-16(23)10-13(11-17(19)27-4-2)12-18-20(26)25-21(29-18)24-15-7-5-14(22)6-8-15/h3,5-8,10-12H,1,4,9H2,2H3,(H,24,25,26)/b18-12+. The Bertz CT molecular complexity index is 990. The number of hydrogen-bond donors (Lipinski definition) is 1. The fraction of sp³-hybridized carbons (Fsp3) is 0.143. The van der Waals surface area contributed by atoms with E-state index in [1.54, 1.807) is 24.3 Å². The van der Waals surface area contributed by atoms with Crippen LogP contribution >= 0.6 is 34.4 Å². The number of halogens is 2. The first-order chi connectivity index (χ1) is 14.0. The molecule has 0 spiro atoms. The van der Waals surface area contributed by atoms with Gasteiger partial charge in [0.2, 0.25) is 0 Å². The Hall–Kier alpha value is -2.33. The van der Waals surface area contributed by atoms with E-state index in [4.69, 9.17) is 9.47 Å². The Kier molecular flexibility index (Phi) is 7.32. The number of amidine groups is 1. The van der Waals surface area contributed by atoms with Gasteiger partial charge >= 0.3 is 0 Å². The van der Waals surface area contributed by atoms with Crippen LogP contribution in [0.15, 0.2) is 59.0 Å². The lowest BCUT2D eigenvalue weighted by Gasteiger charge is -2.13. The van der Waals surface area contributed by atoms with Gasteiger partial charge in [-0.25, -0.2) is 9.38 Å². The van der Waals surface area contributed by atoms with E-state index in [0.717, 1.165) is 9.13 Å². The molecule has 0 atom stereocenters. The van der Waals surface area contributed by atoms with E-state index in [1.807, 2.05) is 19.1 Å². The highest BCUT2D eigenvalue weighted by Crippen LogP contribution is 2.36. The monoisotopic (exact) mass is 524 g/mol. The maximum atomic E-state index is 13.0. The van der Waals surface area contributed by atoms with Crippen LogP contribution in [-0.4, -0.2) is 24.3 Å². The van der Waals surface area contributed by atoms with Gasteiger partial charge in [-0.15, -0.1) is 0 Å². The molecule has 8 heteroatoms. The minimum atomic E-state index is -0.335. The van der Waals surface area contributed by atoms with Crippen LogP contribution in [0.4, 0.5) is 10.1 Å². The van der Waals surface area contributed by atoms with Gasteiger partial charge in [0.1, 0.15) is 12.4 Å². The number of nitrogens with one attached hydrogen (secondary N) is 1. The molecule has 1 N–H and O–H groups in total. The van der Waals surface area contributed by atoms with Crippen molar-refractivity contribution in [3.05, 3.63) is 68.9 Å². The zero-order valence-corrected chi connectivity index (χ0v) is 18.6. The van der Waals surface area contributed by atoms with Gasteiger partial charge in [-0.1, -0.05) is 12.7 Å². The highest BCUT2D eigenvalue weighted by molar-refractivity contribution is 14.1. The normalized spacial score (nSPS) is 16.2. The summed E-state index contributed by atoms with van der Waals surface area (Å²) in [4.78, 5) is 17.2. The van der Waals surface area contributed by atoms with E-state index < -0.39 is 0 Å². The van der Waals surface area contributed by atoms with Gasteiger partial charge in [0.15, 0.2) is 16.7 Å². The van der Waals surface area contributed by atoms with E-state index in [9.17, 15) is 9.18 Å². The first-order valence-corrected chi connectivity index (χ1v) is 10.6. The van der Waals surface area contributed by atoms with E-state index in [1.165, 1.54) is 23.9 Å². The lowest BCUT2D eigenvalue weighted by molar-refractivity contribution is -0.115. The second kappa shape index (κ2) is 9.93. The molecule has 0 unspecified atom stereocenters. The topological polar surface area (TPSA) is 59.9 Å². The highest BCUT2D eigenvalue weighted by Gasteiger charge is 2.24. The Morgan fingerprint density at radius 1 is 1.28 bits per heavy atom. The van der Waals surface area contributed by atoms with E-state index in [2.05, 4.69) is 39.5 Å². The highest BCUT2D eigenvalue weighted by atomic mass is 127. The van der Waals surface area contributed by atoms with E-state index in [0.29, 0.717) is 40.5 Å². The Labute approximate surface area is 186 Å². The number of benzene rings is 2. The zero-order valence-electron chi connectivity index (χ0n) is 15.6. The molecular weight excluding hydrogens is 506 g/mol. The van der Waals surface area contributed by atoms with Gasteiger partial charge in [-0.3, -0.25) is 4.79 Å². The van der Waals surface area contributed by atoms with Crippen LogP contribution < -0.4 is 14.8 Å². The number of carbonyl (C=O) groups is 1. The number of rotatable bonds is 7. The number of nitrogens with zero attached hydrogens (tertiary/aromatic N) is 1. The Morgan fingerprint density at radius 3 is 2.72 bits per heavy atom. The predicted molar refractivity (Wildman–Crippen MR) is 123 cm³/mol. The lowest BCUT2D eigenvalue weighted by atomic mass is 10.2. The van der Waals surface area contributed by atoms with Crippen molar-refractivity contribution < 1.29 is 18.7 Å². The molecule has 0 bridgehead atoms. The van der Waals surface area contributed by atoms with Crippen LogP contribution in [0.2, 0.25) is 0 Å². The first-order valence-electron chi connectivity index (χ1n) is 8.75. The number of amides is 1. The van der Waals surface area contributed by atoms with Crippen molar-refractivity contribution >= 4 is 57.2 Å². The molecule has 1 amide bonds. The second-order valence-corrected chi connectivity index (χ2v) is 8.01. The second-order valence-electron chi connectivity index (χ2n) is 5.82. The molecule has 5 nitrogen and oxygen atoms in total. The summed E-state index contributed by atoms with van der Waals surface area (Å²) in [6.07, 6.45) is 3.44. The fourth-order valence-electron chi connectivity index (χ4n) is 2.48. The van der Waals surface area contributed by atoms with Crippen molar-refractivity contribution in [1.82, 2.24) is 5.32 Å². The van der Waals surface area contributed by atoms with Crippen LogP contribution in [0.5, 0.6) is 11.5 Å². The maximum absolute atomic E-state index is 13.0. The Balaban J connectivity index is 1.86. The largest absolute Gasteiger partial charge is 0.490 e. The van der Waals surface area contributed by atoms with Crippen LogP contribution in [0.25, 0.3) is 6.08 Å². The molecule has 2 aromatic carbocycles. The third kappa shape index (κ3) is 5.60. The molecule has 1 fully saturated rings. The van der Waals surface area contributed by atoms with Gasteiger partial charge in [-0.05, 0) is 89.3 Å². The summed E-state index contributed by atoms with van der Waals surface area (Å²) in [7, 11) is 0. The summed E-state index contributed by atoms with van der Waals surface area (Å²) in [5, 5.41) is 3.17. The molecule has 1 saturated heterocycles. The quantitative estimate of drug-likeness (QED) is 0.304. The molecule has 0 aromatic heterocycles. The molecular formula is C21H18FIN2O3S. The van der Waals surface area contributed by atoms with E-state index in [-0.39, 0.29) is 11.7 Å². The number of carbonyl (C=O) groups excluding carboxylic acids is 1. The summed E-state index contributed by atoms with van der Waals surface area (Å²) in [6.45, 7) is 6.42. The molecule has 0 aliphatic carbocycles. The molecule has 1 aliphatic heterocycles. The van der Waals surface area contributed by atoms with Crippen LogP contribution in [0.3, 0.4) is 0 Å². The van der Waals surface area contributed by atoms with Crippen molar-refractivity contribution in [3.8, 4) is 11.5 Å². The van der Waals surface area contributed by atoms with Crippen molar-refractivity contribution in [3.63, 3.8) is 0 Å². The minimum Gasteiger partial charge on any atom is -0.490 e. The summed E-state index contributed by atoms with van der Waals surface area (Å²) in [5.74, 6) is 0.682. The van der Waals surface area contributed by atoms with Gasteiger partial charge in [0.05, 0.1) is 20.8 Å². The molecule has 150 valence electrons. The van der Waals surface area contributed by atoms with Crippen molar-refractivity contribution in [1.29, 1.82) is 0 Å². The molecule has 0 saturated carbocycles. The summed E-state index contributed by atoms with van der Waals surface area (Å²) in [5.41, 5.74) is 1.37. The minimum absolute atomic E-state index is 0.240. The molecule has 1 aliphatic rings. The van der Waals surface area contributed by atoms with Gasteiger partial charge < -0.3 is 14.8 Å². The summed E-state index contributed by atoms with van der Waals surface area (Å²) >= 11 is 3.40. The smallest absolute Gasteiger partial charge is 0.264 e. The Morgan fingerprint density at radius 2 is 2.03 bits per heavy atom. The fourth-order valence-corrected chi connectivity index (χ4v) is 4.10. The molecule has 0 radical (unpaired) electrons. The molecule has 29 heavy (non-hydrogen) atoms. The number of hydrogen-bond acceptors (Lipinski definition) is 5. The molecule has 2 aromatic rings. The van der Waals surface area contributed by atoms with Crippen LogP contribution in [-0.2, 0) is 4.79 Å². The lowest BCUT2D eigenvalue weighted by Crippen LogP contribution is -2.19. The SMILES string of the molecule is C=CCOc1c(I)cc(/C=C2/SC(=Nc3ccc(F)cc3)NC2=O)cc1OCC. The van der Waals surface area contributed by atoms with Gasteiger partial charge in [0, 0.05) is 0 Å². The average molecular weight is 524 g/mol. The van der Waals surface area contributed by atoms with Gasteiger partial charge in [-0.2, -0.15) is 0 Å². The third-order valence-electron chi connectivity index (χ3n) is 3.68. The number of thioether (sulfide) groups is 1. The number of ether oxygens (including phenoxy) is 2. The molecule has 1 heterocycles. The van der Waals surface area contributed by atoms with Crippen LogP contribution in [0.1, 0.15) is 12.5 Å². The van der Waals surface area contributed by atoms with Crippen molar-refractivity contribution in [2.75, 3.05) is 13.2 Å². The number of aliphatic imine (C=N–C) groups is 1. The van der Waals surface area contributed by atoms with Crippen LogP contribution in [0, 0.1) is 9.39 Å². The average Bonchev–Trinajstić information content (AvgIpc) is 3.02. The van der Waals surface area contributed by atoms with Crippen molar-refractivity contribution in [2.45, 2.75) is 6.92 Å². The summed E-state index contributed by atoms with van der Waals surface area (Å²) < 4.78 is 25.3. The first kappa shape index (κ1) is 21.4. The zero-order chi connectivity index (χ0) is 20.8. The van der Waals surface area contributed by atoms with Gasteiger partial charge in [0.25, 0.3) is 5.91 Å². The van der Waals surface area contributed by atoms with E-state index >= 15 is 0 Å². The van der Waals surface area contributed by atoms with Crippen molar-refractivity contribution in [2.24, 2.45) is 4.99 Å². The summed E-state index contributed by atoms with van der Waals surface area (Å²) in [6, 6.07) is 9.50. The third-order valence-corrected chi connectivity index (χ3v) is 5.39.